The molecule has 3 nitrogen and oxygen atoms in total. The van der Waals surface area contributed by atoms with Crippen molar-refractivity contribution in [3.8, 4) is 0 Å². The third-order valence-corrected chi connectivity index (χ3v) is 4.67. The van der Waals surface area contributed by atoms with Crippen molar-refractivity contribution >= 4 is 20.9 Å². The molecule has 2 aromatic rings. The Morgan fingerprint density at radius 1 is 0.955 bits per heavy atom. The van der Waals surface area contributed by atoms with Crippen LogP contribution in [-0.4, -0.2) is 13.0 Å². The van der Waals surface area contributed by atoms with E-state index in [0.717, 1.165) is 30.0 Å². The minimum absolute atomic E-state index is 0. The number of fused-ring (bicyclic) bond motifs is 1. The van der Waals surface area contributed by atoms with Crippen LogP contribution in [-0.2, 0) is 16.5 Å². The van der Waals surface area contributed by atoms with E-state index in [1.807, 2.05) is 30.3 Å². The standard InChI is InChI=1S/C17H22O3S.Na/c1-2-3-4-5-6-11-16-12-14-9-7-8-10-15(14)13-17(16)21(18,19)20;/h7-10,12-13H,2-6,11H2,1H3,(H,18,19,20);/q;+1/p-1. The average Bonchev–Trinajstić information content (AvgIpc) is 2.45. The Morgan fingerprint density at radius 2 is 1.55 bits per heavy atom. The van der Waals surface area contributed by atoms with E-state index in [0.29, 0.717) is 12.0 Å². The predicted octanol–water partition coefficient (Wildman–Crippen LogP) is 1.26. The summed E-state index contributed by atoms with van der Waals surface area (Å²) in [7, 11) is -4.42. The zero-order valence-electron chi connectivity index (χ0n) is 13.3. The molecule has 5 heteroatoms. The molecule has 0 amide bonds. The van der Waals surface area contributed by atoms with E-state index >= 15 is 0 Å². The van der Waals surface area contributed by atoms with Crippen LogP contribution in [0.1, 0.15) is 44.6 Å². The van der Waals surface area contributed by atoms with Crippen LogP contribution >= 0.6 is 0 Å². The van der Waals surface area contributed by atoms with Gasteiger partial charge < -0.3 is 4.55 Å². The number of benzene rings is 2. The summed E-state index contributed by atoms with van der Waals surface area (Å²) in [4.78, 5) is -0.0586. The van der Waals surface area contributed by atoms with Crippen LogP contribution in [0.2, 0.25) is 0 Å². The van der Waals surface area contributed by atoms with Crippen molar-refractivity contribution in [3.05, 3.63) is 42.0 Å². The fraction of sp³-hybridized carbons (Fsp3) is 0.412. The Kier molecular flexibility index (Phi) is 8.08. The Balaban J connectivity index is 0.00000242. The first kappa shape index (κ1) is 19.7. The SMILES string of the molecule is CCCCCCCc1cc2ccccc2cc1S(=O)(=O)[O-].[Na+]. The van der Waals surface area contributed by atoms with Crippen molar-refractivity contribution in [1.82, 2.24) is 0 Å². The second-order valence-corrected chi connectivity index (χ2v) is 6.77. The van der Waals surface area contributed by atoms with Crippen LogP contribution in [0.5, 0.6) is 0 Å². The summed E-state index contributed by atoms with van der Waals surface area (Å²) in [6, 6.07) is 10.9. The third kappa shape index (κ3) is 5.36. The molecular formula is C17H21NaO3S. The summed E-state index contributed by atoms with van der Waals surface area (Å²) >= 11 is 0. The molecular weight excluding hydrogens is 307 g/mol. The first-order chi connectivity index (χ1) is 10.0. The van der Waals surface area contributed by atoms with Gasteiger partial charge in [0, 0.05) is 0 Å². The van der Waals surface area contributed by atoms with Gasteiger partial charge in [0.2, 0.25) is 0 Å². The number of hydrogen-bond acceptors (Lipinski definition) is 3. The quantitative estimate of drug-likeness (QED) is 0.437. The zero-order valence-corrected chi connectivity index (χ0v) is 16.2. The molecule has 0 aliphatic heterocycles. The summed E-state index contributed by atoms with van der Waals surface area (Å²) in [5.74, 6) is 0. The van der Waals surface area contributed by atoms with Crippen molar-refractivity contribution in [2.75, 3.05) is 0 Å². The Bertz CT molecular complexity index is 711. The fourth-order valence-corrected chi connectivity index (χ4v) is 3.37. The molecule has 0 aliphatic carbocycles. The first-order valence-corrected chi connectivity index (χ1v) is 8.91. The van der Waals surface area contributed by atoms with Crippen LogP contribution in [0.4, 0.5) is 0 Å². The predicted molar refractivity (Wildman–Crippen MR) is 84.4 cm³/mol. The Morgan fingerprint density at radius 3 is 2.14 bits per heavy atom. The van der Waals surface area contributed by atoms with Gasteiger partial charge in [-0.2, -0.15) is 0 Å². The molecule has 2 aromatic carbocycles. The smallest absolute Gasteiger partial charge is 0.744 e. The molecule has 2 rings (SSSR count). The molecule has 0 N–H and O–H groups in total. The van der Waals surface area contributed by atoms with Crippen LogP contribution in [0.25, 0.3) is 10.8 Å². The van der Waals surface area contributed by atoms with Gasteiger partial charge >= 0.3 is 29.6 Å². The van der Waals surface area contributed by atoms with Crippen LogP contribution < -0.4 is 29.6 Å². The molecule has 0 unspecified atom stereocenters. The van der Waals surface area contributed by atoms with Crippen molar-refractivity contribution in [1.29, 1.82) is 0 Å². The number of unbranched alkanes of at least 4 members (excludes halogenated alkanes) is 4. The van der Waals surface area contributed by atoms with Gasteiger partial charge in [0.05, 0.1) is 4.90 Å². The van der Waals surface area contributed by atoms with Crippen molar-refractivity contribution in [3.63, 3.8) is 0 Å². The third-order valence-electron chi connectivity index (χ3n) is 3.75. The van der Waals surface area contributed by atoms with Crippen LogP contribution in [0.3, 0.4) is 0 Å². The Labute approximate surface area is 155 Å². The fourth-order valence-electron chi connectivity index (χ4n) is 2.61. The molecule has 114 valence electrons. The monoisotopic (exact) mass is 328 g/mol. The van der Waals surface area contributed by atoms with Gasteiger partial charge in [0.15, 0.2) is 0 Å². The van der Waals surface area contributed by atoms with Gasteiger partial charge in [0.1, 0.15) is 10.1 Å². The van der Waals surface area contributed by atoms with Gasteiger partial charge in [-0.25, -0.2) is 8.42 Å². The minimum atomic E-state index is -4.42. The molecule has 0 saturated carbocycles. The molecule has 0 aromatic heterocycles. The van der Waals surface area contributed by atoms with E-state index < -0.39 is 10.1 Å². The van der Waals surface area contributed by atoms with Gasteiger partial charge in [-0.05, 0) is 41.3 Å². The van der Waals surface area contributed by atoms with Gasteiger partial charge in [-0.1, -0.05) is 56.9 Å². The molecule has 0 spiro atoms. The average molecular weight is 328 g/mol. The van der Waals surface area contributed by atoms with Crippen molar-refractivity contribution in [2.45, 2.75) is 50.3 Å². The van der Waals surface area contributed by atoms with Gasteiger partial charge in [0.25, 0.3) is 0 Å². The largest absolute Gasteiger partial charge is 1.00 e. The number of hydrogen-bond donors (Lipinski definition) is 0. The molecule has 0 bridgehead atoms. The van der Waals surface area contributed by atoms with Crippen LogP contribution in [0.15, 0.2) is 41.3 Å². The molecule has 22 heavy (non-hydrogen) atoms. The second kappa shape index (κ2) is 9.04. The summed E-state index contributed by atoms with van der Waals surface area (Å²) in [5, 5.41) is 1.77. The maximum atomic E-state index is 11.5. The van der Waals surface area contributed by atoms with Gasteiger partial charge in [-0.15, -0.1) is 0 Å². The molecule has 0 atom stereocenters. The van der Waals surface area contributed by atoms with E-state index in [1.54, 1.807) is 0 Å². The van der Waals surface area contributed by atoms with E-state index in [9.17, 15) is 13.0 Å². The molecule has 0 saturated heterocycles. The van der Waals surface area contributed by atoms with Crippen molar-refractivity contribution < 1.29 is 42.5 Å². The second-order valence-electron chi connectivity index (χ2n) is 5.43. The summed E-state index contributed by atoms with van der Waals surface area (Å²) in [6.07, 6.45) is 6.16. The summed E-state index contributed by atoms with van der Waals surface area (Å²) < 4.78 is 34.4. The number of rotatable bonds is 7. The minimum Gasteiger partial charge on any atom is -0.744 e. The Hall–Kier alpha value is -0.390. The summed E-state index contributed by atoms with van der Waals surface area (Å²) in [5.41, 5.74) is 0.653. The first-order valence-electron chi connectivity index (χ1n) is 7.50. The van der Waals surface area contributed by atoms with Gasteiger partial charge in [-0.3, -0.25) is 0 Å². The summed E-state index contributed by atoms with van der Waals surface area (Å²) in [6.45, 7) is 2.16. The molecule has 0 aliphatic rings. The van der Waals surface area contributed by atoms with Crippen LogP contribution in [0, 0.1) is 0 Å². The van der Waals surface area contributed by atoms with E-state index in [2.05, 4.69) is 6.92 Å². The van der Waals surface area contributed by atoms with E-state index in [-0.39, 0.29) is 34.5 Å². The normalized spacial score (nSPS) is 11.4. The van der Waals surface area contributed by atoms with E-state index in [1.165, 1.54) is 18.9 Å². The maximum absolute atomic E-state index is 11.5. The molecule has 0 radical (unpaired) electrons. The maximum Gasteiger partial charge on any atom is 1.00 e. The zero-order chi connectivity index (χ0) is 15.3. The topological polar surface area (TPSA) is 57.2 Å². The van der Waals surface area contributed by atoms with Crippen molar-refractivity contribution in [2.24, 2.45) is 0 Å². The molecule has 0 heterocycles. The van der Waals surface area contributed by atoms with E-state index in [4.69, 9.17) is 0 Å². The molecule has 0 fully saturated rings. The number of aryl methyl sites for hydroxylation is 1.